The molecule has 39 heavy (non-hydrogen) atoms. The number of nitrogens with one attached hydrogen (secondary N) is 1. The van der Waals surface area contributed by atoms with E-state index in [4.69, 9.17) is 11.6 Å². The van der Waals surface area contributed by atoms with Gasteiger partial charge in [0.25, 0.3) is 0 Å². The number of sulfonamides is 1. The molecule has 3 rings (SSSR count). The molecule has 0 saturated carbocycles. The minimum atomic E-state index is -3.84. The summed E-state index contributed by atoms with van der Waals surface area (Å²) in [7, 11) is -3.84. The molecule has 0 bridgehead atoms. The van der Waals surface area contributed by atoms with Crippen molar-refractivity contribution in [2.24, 2.45) is 0 Å². The van der Waals surface area contributed by atoms with Crippen LogP contribution in [0.25, 0.3) is 0 Å². The number of halogens is 1. The van der Waals surface area contributed by atoms with E-state index in [0.717, 1.165) is 33.7 Å². The van der Waals surface area contributed by atoms with Gasteiger partial charge in [-0.1, -0.05) is 84.8 Å². The predicted octanol–water partition coefficient (Wildman–Crippen LogP) is 4.97. The van der Waals surface area contributed by atoms with Crippen LogP contribution in [0.4, 0.5) is 5.69 Å². The van der Waals surface area contributed by atoms with Crippen LogP contribution in [0.1, 0.15) is 37.0 Å². The first-order valence-corrected chi connectivity index (χ1v) is 15.1. The molecule has 0 radical (unpaired) electrons. The Kier molecular flexibility index (Phi) is 10.5. The van der Waals surface area contributed by atoms with E-state index in [2.05, 4.69) is 5.32 Å². The van der Waals surface area contributed by atoms with Gasteiger partial charge in [-0.3, -0.25) is 13.9 Å². The highest BCUT2D eigenvalue weighted by molar-refractivity contribution is 7.92. The van der Waals surface area contributed by atoms with E-state index < -0.39 is 28.5 Å². The monoisotopic (exact) mass is 569 g/mol. The van der Waals surface area contributed by atoms with Crippen molar-refractivity contribution in [3.63, 3.8) is 0 Å². The second-order valence-corrected chi connectivity index (χ2v) is 12.1. The molecule has 0 fully saturated rings. The Morgan fingerprint density at radius 1 is 0.949 bits per heavy atom. The lowest BCUT2D eigenvalue weighted by Crippen LogP contribution is -2.54. The van der Waals surface area contributed by atoms with Crippen LogP contribution in [0.3, 0.4) is 0 Å². The van der Waals surface area contributed by atoms with Crippen molar-refractivity contribution >= 4 is 39.1 Å². The van der Waals surface area contributed by atoms with Crippen LogP contribution in [0.2, 0.25) is 5.02 Å². The molecule has 0 aromatic heterocycles. The van der Waals surface area contributed by atoms with Crippen molar-refractivity contribution in [3.05, 3.63) is 101 Å². The average Bonchev–Trinajstić information content (AvgIpc) is 2.89. The number of aryl methyl sites for hydroxylation is 1. The zero-order valence-corrected chi connectivity index (χ0v) is 24.4. The maximum absolute atomic E-state index is 14.0. The van der Waals surface area contributed by atoms with E-state index in [9.17, 15) is 18.0 Å². The van der Waals surface area contributed by atoms with Crippen molar-refractivity contribution < 1.29 is 18.0 Å². The molecule has 2 amide bonds. The summed E-state index contributed by atoms with van der Waals surface area (Å²) < 4.78 is 26.7. The van der Waals surface area contributed by atoms with E-state index >= 15 is 0 Å². The van der Waals surface area contributed by atoms with Gasteiger partial charge in [-0.2, -0.15) is 0 Å². The molecule has 1 N–H and O–H groups in total. The Morgan fingerprint density at radius 2 is 1.62 bits per heavy atom. The molecule has 208 valence electrons. The van der Waals surface area contributed by atoms with Crippen molar-refractivity contribution in [3.8, 4) is 0 Å². The van der Waals surface area contributed by atoms with Crippen molar-refractivity contribution in [2.75, 3.05) is 17.1 Å². The van der Waals surface area contributed by atoms with E-state index in [1.165, 1.54) is 11.0 Å². The van der Waals surface area contributed by atoms with Crippen molar-refractivity contribution in [2.45, 2.75) is 52.2 Å². The first-order chi connectivity index (χ1) is 18.5. The Labute approximate surface area is 236 Å². The predicted molar refractivity (Wildman–Crippen MR) is 157 cm³/mol. The molecule has 3 aromatic rings. The number of benzene rings is 3. The smallest absolute Gasteiger partial charge is 0.244 e. The Balaban J connectivity index is 2.06. The van der Waals surface area contributed by atoms with Gasteiger partial charge in [0, 0.05) is 24.0 Å². The molecule has 2 unspecified atom stereocenters. The van der Waals surface area contributed by atoms with Crippen LogP contribution in [0, 0.1) is 6.92 Å². The van der Waals surface area contributed by atoms with Gasteiger partial charge in [0.2, 0.25) is 21.8 Å². The van der Waals surface area contributed by atoms with Crippen LogP contribution in [-0.2, 0) is 32.6 Å². The van der Waals surface area contributed by atoms with Gasteiger partial charge >= 0.3 is 0 Å². The van der Waals surface area contributed by atoms with Crippen LogP contribution < -0.4 is 9.62 Å². The maximum atomic E-state index is 14.0. The molecule has 7 nitrogen and oxygen atoms in total. The van der Waals surface area contributed by atoms with Gasteiger partial charge in [-0.25, -0.2) is 8.42 Å². The number of amides is 2. The van der Waals surface area contributed by atoms with E-state index in [1.807, 2.05) is 75.4 Å². The molecule has 9 heteroatoms. The lowest BCUT2D eigenvalue weighted by Gasteiger charge is -2.34. The van der Waals surface area contributed by atoms with E-state index in [-0.39, 0.29) is 30.6 Å². The average molecular weight is 570 g/mol. The molecule has 0 aliphatic heterocycles. The first-order valence-electron chi connectivity index (χ1n) is 12.9. The lowest BCUT2D eigenvalue weighted by molar-refractivity contribution is -0.140. The number of hydrogen-bond acceptors (Lipinski definition) is 4. The third kappa shape index (κ3) is 8.83. The Hall–Kier alpha value is -3.36. The summed E-state index contributed by atoms with van der Waals surface area (Å²) in [5.74, 6) is -0.787. The van der Waals surface area contributed by atoms with Crippen molar-refractivity contribution in [1.82, 2.24) is 10.2 Å². The molecule has 0 aliphatic rings. The molecular formula is C30H36ClN3O4S. The minimum absolute atomic E-state index is 0.0920. The second-order valence-electron chi connectivity index (χ2n) is 9.78. The third-order valence-corrected chi connectivity index (χ3v) is 7.86. The Bertz CT molecular complexity index is 1380. The van der Waals surface area contributed by atoms with Gasteiger partial charge in [-0.15, -0.1) is 0 Å². The van der Waals surface area contributed by atoms with Crippen LogP contribution in [0.5, 0.6) is 0 Å². The third-order valence-electron chi connectivity index (χ3n) is 6.48. The number of nitrogens with zero attached hydrogens (tertiary/aromatic N) is 2. The highest BCUT2D eigenvalue weighted by atomic mass is 35.5. The van der Waals surface area contributed by atoms with Gasteiger partial charge in [-0.05, 0) is 49.6 Å². The molecule has 2 atom stereocenters. The SMILES string of the molecule is CCC(C)NC(=O)C(Cc1ccccc1)N(Cc1cccc(C)c1)C(=O)CN(c1cccc(Cl)c1)S(C)(=O)=O. The summed E-state index contributed by atoms with van der Waals surface area (Å²) in [6, 6.07) is 22.6. The fourth-order valence-corrected chi connectivity index (χ4v) is 5.27. The zero-order valence-electron chi connectivity index (χ0n) is 22.8. The summed E-state index contributed by atoms with van der Waals surface area (Å²) in [4.78, 5) is 29.2. The largest absolute Gasteiger partial charge is 0.352 e. The zero-order chi connectivity index (χ0) is 28.6. The summed E-state index contributed by atoms with van der Waals surface area (Å²) >= 11 is 6.13. The highest BCUT2D eigenvalue weighted by Gasteiger charge is 2.33. The maximum Gasteiger partial charge on any atom is 0.244 e. The summed E-state index contributed by atoms with van der Waals surface area (Å²) in [6.07, 6.45) is 2.05. The van der Waals surface area contributed by atoms with Crippen LogP contribution in [0.15, 0.2) is 78.9 Å². The van der Waals surface area contributed by atoms with Crippen LogP contribution >= 0.6 is 11.6 Å². The van der Waals surface area contributed by atoms with Gasteiger partial charge in [0.05, 0.1) is 11.9 Å². The summed E-state index contributed by atoms with van der Waals surface area (Å²) in [5, 5.41) is 3.37. The number of carbonyl (C=O) groups is 2. The molecule has 0 spiro atoms. The molecule has 0 heterocycles. The van der Waals surface area contributed by atoms with Crippen molar-refractivity contribution in [1.29, 1.82) is 0 Å². The summed E-state index contributed by atoms with van der Waals surface area (Å²) in [5.41, 5.74) is 3.02. The first kappa shape index (κ1) is 30.2. The fourth-order valence-electron chi connectivity index (χ4n) is 4.25. The number of hydrogen-bond donors (Lipinski definition) is 1. The topological polar surface area (TPSA) is 86.8 Å². The molecular weight excluding hydrogens is 534 g/mol. The normalized spacial score (nSPS) is 12.8. The minimum Gasteiger partial charge on any atom is -0.352 e. The van der Waals surface area contributed by atoms with Crippen LogP contribution in [-0.4, -0.2) is 50.0 Å². The van der Waals surface area contributed by atoms with Gasteiger partial charge < -0.3 is 10.2 Å². The quantitative estimate of drug-likeness (QED) is 0.334. The number of carbonyl (C=O) groups excluding carboxylic acids is 2. The molecule has 3 aromatic carbocycles. The molecule has 0 aliphatic carbocycles. The number of anilines is 1. The van der Waals surface area contributed by atoms with E-state index in [1.54, 1.807) is 18.2 Å². The summed E-state index contributed by atoms with van der Waals surface area (Å²) in [6.45, 7) is 5.50. The second kappa shape index (κ2) is 13.6. The van der Waals surface area contributed by atoms with Gasteiger partial charge in [0.1, 0.15) is 12.6 Å². The fraction of sp³-hybridized carbons (Fsp3) is 0.333. The standard InChI is InChI=1S/C30H36ClN3O4S/c1-5-23(3)32-30(36)28(18-24-12-7-6-8-13-24)33(20-25-14-9-11-22(2)17-25)29(35)21-34(39(4,37)38)27-16-10-15-26(31)19-27/h6-17,19,23,28H,5,18,20-21H2,1-4H3,(H,32,36). The van der Waals surface area contributed by atoms with E-state index in [0.29, 0.717) is 5.02 Å². The number of rotatable bonds is 12. The highest BCUT2D eigenvalue weighted by Crippen LogP contribution is 2.23. The lowest BCUT2D eigenvalue weighted by atomic mass is 10.0. The molecule has 0 saturated heterocycles. The van der Waals surface area contributed by atoms with Gasteiger partial charge in [0.15, 0.2) is 0 Å². The Morgan fingerprint density at radius 3 is 2.23 bits per heavy atom.